The number of carbonyl (C=O) groups excluding carboxylic acids is 3. The Balaban J connectivity index is 1.38. The number of rotatable bonds is 6. The second-order valence-corrected chi connectivity index (χ2v) is 7.09. The lowest BCUT2D eigenvalue weighted by Gasteiger charge is -2.13. The molecule has 0 N–H and O–H groups in total. The van der Waals surface area contributed by atoms with Crippen molar-refractivity contribution in [2.45, 2.75) is 13.0 Å². The highest BCUT2D eigenvalue weighted by molar-refractivity contribution is 6.30. The monoisotopic (exact) mass is 421 g/mol. The Kier molecular flexibility index (Phi) is 5.50. The molecule has 0 saturated heterocycles. The van der Waals surface area contributed by atoms with Crippen LogP contribution in [0, 0.1) is 0 Å². The molecule has 1 heterocycles. The molecule has 0 unspecified atom stereocenters. The molecule has 4 rings (SSSR count). The second kappa shape index (κ2) is 8.39. The third-order valence-corrected chi connectivity index (χ3v) is 4.73. The van der Waals surface area contributed by atoms with Gasteiger partial charge >= 0.3 is 5.97 Å². The summed E-state index contributed by atoms with van der Waals surface area (Å²) in [5.41, 5.74) is 1.97. The zero-order chi connectivity index (χ0) is 21.1. The number of hydrogen-bond acceptors (Lipinski definition) is 5. The van der Waals surface area contributed by atoms with Gasteiger partial charge in [-0.2, -0.15) is 0 Å². The van der Waals surface area contributed by atoms with Gasteiger partial charge in [-0.1, -0.05) is 53.1 Å². The molecule has 30 heavy (non-hydrogen) atoms. The number of imide groups is 1. The van der Waals surface area contributed by atoms with Crippen molar-refractivity contribution >= 4 is 29.4 Å². The van der Waals surface area contributed by atoms with E-state index in [4.69, 9.17) is 21.2 Å². The summed E-state index contributed by atoms with van der Waals surface area (Å²) in [6.07, 6.45) is -0.123. The van der Waals surface area contributed by atoms with Gasteiger partial charge in [-0.15, -0.1) is 0 Å². The molecule has 0 radical (unpaired) electrons. The number of halogens is 1. The summed E-state index contributed by atoms with van der Waals surface area (Å²) >= 11 is 5.97. The van der Waals surface area contributed by atoms with Crippen LogP contribution in [-0.4, -0.2) is 22.8 Å². The maximum Gasteiger partial charge on any atom is 0.337 e. The van der Waals surface area contributed by atoms with Crippen LogP contribution in [0.3, 0.4) is 0 Å². The molecule has 1 aliphatic heterocycles. The minimum absolute atomic E-state index is 0.123. The van der Waals surface area contributed by atoms with E-state index in [0.717, 1.165) is 5.56 Å². The second-order valence-electron chi connectivity index (χ2n) is 6.66. The predicted molar refractivity (Wildman–Crippen MR) is 109 cm³/mol. The van der Waals surface area contributed by atoms with E-state index in [-0.39, 0.29) is 17.5 Å². The Morgan fingerprint density at radius 1 is 0.833 bits per heavy atom. The minimum Gasteiger partial charge on any atom is -0.489 e. The quantitative estimate of drug-likeness (QED) is 0.557. The van der Waals surface area contributed by atoms with Gasteiger partial charge in [0.25, 0.3) is 11.8 Å². The van der Waals surface area contributed by atoms with E-state index in [2.05, 4.69) is 0 Å². The van der Waals surface area contributed by atoms with Gasteiger partial charge in [0.15, 0.2) is 0 Å². The molecule has 150 valence electrons. The van der Waals surface area contributed by atoms with E-state index in [9.17, 15) is 14.4 Å². The molecule has 0 aromatic heterocycles. The molecule has 0 spiro atoms. The number of hydrogen-bond donors (Lipinski definition) is 0. The first kappa shape index (κ1) is 19.7. The van der Waals surface area contributed by atoms with Crippen molar-refractivity contribution in [3.05, 3.63) is 100 Å². The molecule has 3 aromatic rings. The minimum atomic E-state index is -0.725. The summed E-state index contributed by atoms with van der Waals surface area (Å²) in [5, 5.41) is 1.13. The Labute approximate surface area is 177 Å². The average Bonchev–Trinajstić information content (AvgIpc) is 2.98. The standard InChI is InChI=1S/C23H16ClNO5/c24-17-7-3-6-16(11-17)14-29-18-8-4-5-15(12-18)13-21(26)30-25-22(27)19-9-1-2-10-20(19)23(25)28/h1-12H,13-14H2. The summed E-state index contributed by atoms with van der Waals surface area (Å²) in [6, 6.07) is 20.6. The summed E-state index contributed by atoms with van der Waals surface area (Å²) in [7, 11) is 0. The van der Waals surface area contributed by atoms with E-state index < -0.39 is 17.8 Å². The molecule has 0 aliphatic carbocycles. The number of fused-ring (bicyclic) bond motifs is 1. The summed E-state index contributed by atoms with van der Waals surface area (Å²) in [4.78, 5) is 41.9. The first-order valence-corrected chi connectivity index (χ1v) is 9.54. The molecule has 0 bridgehead atoms. The SMILES string of the molecule is O=C(Cc1cccc(OCc2cccc(Cl)c2)c1)ON1C(=O)c2ccccc2C1=O. The lowest BCUT2D eigenvalue weighted by atomic mass is 10.1. The van der Waals surface area contributed by atoms with Gasteiger partial charge in [-0.3, -0.25) is 9.59 Å². The van der Waals surface area contributed by atoms with Gasteiger partial charge in [0.2, 0.25) is 0 Å². The van der Waals surface area contributed by atoms with Gasteiger partial charge in [0, 0.05) is 5.02 Å². The number of carbonyl (C=O) groups is 3. The zero-order valence-corrected chi connectivity index (χ0v) is 16.5. The molecule has 0 fully saturated rings. The third-order valence-electron chi connectivity index (χ3n) is 4.49. The van der Waals surface area contributed by atoms with Crippen molar-refractivity contribution < 1.29 is 24.0 Å². The van der Waals surface area contributed by atoms with Crippen LogP contribution in [0.4, 0.5) is 0 Å². The Morgan fingerprint density at radius 2 is 1.50 bits per heavy atom. The lowest BCUT2D eigenvalue weighted by Crippen LogP contribution is -2.33. The fourth-order valence-corrected chi connectivity index (χ4v) is 3.30. The predicted octanol–water partition coefficient (Wildman–Crippen LogP) is 4.22. The van der Waals surface area contributed by atoms with E-state index in [1.54, 1.807) is 42.5 Å². The van der Waals surface area contributed by atoms with Crippen LogP contribution in [0.25, 0.3) is 0 Å². The van der Waals surface area contributed by atoms with Crippen LogP contribution in [0.2, 0.25) is 5.02 Å². The van der Waals surface area contributed by atoms with E-state index in [1.165, 1.54) is 12.1 Å². The number of hydroxylamine groups is 2. The fraction of sp³-hybridized carbons (Fsp3) is 0.0870. The third kappa shape index (κ3) is 4.18. The smallest absolute Gasteiger partial charge is 0.337 e. The first-order valence-electron chi connectivity index (χ1n) is 9.16. The number of nitrogens with zero attached hydrogens (tertiary/aromatic N) is 1. The maximum atomic E-state index is 12.3. The molecular formula is C23H16ClNO5. The van der Waals surface area contributed by atoms with Gasteiger partial charge in [0.05, 0.1) is 17.5 Å². The van der Waals surface area contributed by atoms with Crippen molar-refractivity contribution in [2.24, 2.45) is 0 Å². The Morgan fingerprint density at radius 3 is 2.20 bits per heavy atom. The van der Waals surface area contributed by atoms with Gasteiger partial charge in [0.1, 0.15) is 12.4 Å². The van der Waals surface area contributed by atoms with E-state index in [1.807, 2.05) is 18.2 Å². The highest BCUT2D eigenvalue weighted by Crippen LogP contribution is 2.23. The zero-order valence-electron chi connectivity index (χ0n) is 15.7. The Hall–Kier alpha value is -3.64. The van der Waals surface area contributed by atoms with Crippen molar-refractivity contribution in [3.63, 3.8) is 0 Å². The van der Waals surface area contributed by atoms with Crippen LogP contribution in [0.15, 0.2) is 72.8 Å². The first-order chi connectivity index (χ1) is 14.5. The molecule has 1 aliphatic rings. The molecule has 6 nitrogen and oxygen atoms in total. The molecule has 7 heteroatoms. The van der Waals surface area contributed by atoms with Gasteiger partial charge < -0.3 is 9.57 Å². The molecular weight excluding hydrogens is 406 g/mol. The van der Waals surface area contributed by atoms with E-state index >= 15 is 0 Å². The van der Waals surface area contributed by atoms with Crippen LogP contribution < -0.4 is 4.74 Å². The normalized spacial score (nSPS) is 12.6. The van der Waals surface area contributed by atoms with Gasteiger partial charge in [-0.25, -0.2) is 4.79 Å². The molecule has 0 atom stereocenters. The number of benzene rings is 3. The molecule has 0 saturated carbocycles. The van der Waals surface area contributed by atoms with Crippen molar-refractivity contribution in [1.29, 1.82) is 0 Å². The van der Waals surface area contributed by atoms with Crippen molar-refractivity contribution in [2.75, 3.05) is 0 Å². The topological polar surface area (TPSA) is 72.9 Å². The van der Waals surface area contributed by atoms with Crippen LogP contribution in [-0.2, 0) is 22.7 Å². The number of amides is 2. The highest BCUT2D eigenvalue weighted by atomic mass is 35.5. The summed E-state index contributed by atoms with van der Waals surface area (Å²) in [6.45, 7) is 0.323. The molecule has 2 amide bonds. The van der Waals surface area contributed by atoms with E-state index in [0.29, 0.717) is 28.0 Å². The fourth-order valence-electron chi connectivity index (χ4n) is 3.09. The molecule has 3 aromatic carbocycles. The van der Waals surface area contributed by atoms with Crippen molar-refractivity contribution in [1.82, 2.24) is 5.06 Å². The Bertz CT molecular complexity index is 1110. The van der Waals surface area contributed by atoms with Crippen LogP contribution in [0.1, 0.15) is 31.8 Å². The van der Waals surface area contributed by atoms with Crippen molar-refractivity contribution in [3.8, 4) is 5.75 Å². The summed E-state index contributed by atoms with van der Waals surface area (Å²) in [5.74, 6) is -1.46. The highest BCUT2D eigenvalue weighted by Gasteiger charge is 2.38. The summed E-state index contributed by atoms with van der Waals surface area (Å²) < 4.78 is 5.75. The lowest BCUT2D eigenvalue weighted by molar-refractivity contribution is -0.167. The van der Waals surface area contributed by atoms with Gasteiger partial charge in [-0.05, 0) is 47.5 Å². The maximum absolute atomic E-state index is 12.3. The van der Waals surface area contributed by atoms with Crippen LogP contribution >= 0.6 is 11.6 Å². The number of ether oxygens (including phenoxy) is 1. The largest absolute Gasteiger partial charge is 0.489 e. The average molecular weight is 422 g/mol. The van der Waals surface area contributed by atoms with Crippen LogP contribution in [0.5, 0.6) is 5.75 Å².